The number of carbonyl (C=O) groups is 1. The Labute approximate surface area is 121 Å². The molecule has 1 saturated heterocycles. The number of carbonyl (C=O) groups excluding carboxylic acids is 1. The molecule has 0 saturated carbocycles. The molecule has 1 fully saturated rings. The molecule has 3 nitrogen and oxygen atoms in total. The topological polar surface area (TPSA) is 55.1 Å². The minimum atomic E-state index is 0.0437. The maximum Gasteiger partial charge on any atom is 0.237 e. The van der Waals surface area contributed by atoms with Gasteiger partial charge in [-0.05, 0) is 46.7 Å². The molecule has 1 aliphatic rings. The molecule has 1 aromatic carbocycles. The second-order valence-electron chi connectivity index (χ2n) is 3.84. The van der Waals surface area contributed by atoms with Gasteiger partial charge in [-0.25, -0.2) is 0 Å². The zero-order chi connectivity index (χ0) is 12.4. The number of nitrogen functional groups attached to an aromatic ring is 1. The fraction of sp³-hybridized carbons (Fsp3) is 0.364. The molecule has 1 amide bonds. The molecule has 2 rings (SSSR count). The van der Waals surface area contributed by atoms with E-state index < -0.39 is 0 Å². The van der Waals surface area contributed by atoms with Gasteiger partial charge in [0.2, 0.25) is 5.91 Å². The van der Waals surface area contributed by atoms with E-state index in [-0.39, 0.29) is 11.2 Å². The lowest BCUT2D eigenvalue weighted by Gasteiger charge is -2.13. The molecule has 0 bridgehead atoms. The van der Waals surface area contributed by atoms with Gasteiger partial charge in [0, 0.05) is 8.95 Å². The molecule has 1 aliphatic heterocycles. The molecule has 0 spiro atoms. The quantitative estimate of drug-likeness (QED) is 0.771. The van der Waals surface area contributed by atoms with Crippen molar-refractivity contribution in [3.8, 4) is 0 Å². The van der Waals surface area contributed by atoms with Gasteiger partial charge in [0.05, 0.1) is 16.6 Å². The first-order chi connectivity index (χ1) is 8.08. The maximum absolute atomic E-state index is 12.0. The lowest BCUT2D eigenvalue weighted by molar-refractivity contribution is -0.115. The SMILES string of the molecule is Nc1cc(Br)cc(Br)c1NC(=O)C1CCCS1. The van der Waals surface area contributed by atoms with Crippen LogP contribution in [0.5, 0.6) is 0 Å². The van der Waals surface area contributed by atoms with Crippen LogP contribution in [0, 0.1) is 0 Å². The molecular formula is C11H12Br2N2OS. The van der Waals surface area contributed by atoms with Gasteiger partial charge in [-0.2, -0.15) is 0 Å². The monoisotopic (exact) mass is 378 g/mol. The van der Waals surface area contributed by atoms with E-state index in [4.69, 9.17) is 5.73 Å². The third-order valence-electron chi connectivity index (χ3n) is 2.56. The van der Waals surface area contributed by atoms with Gasteiger partial charge < -0.3 is 11.1 Å². The summed E-state index contributed by atoms with van der Waals surface area (Å²) in [4.78, 5) is 12.0. The predicted octanol–water partition coefficient (Wildman–Crippen LogP) is 3.63. The van der Waals surface area contributed by atoms with Crippen LogP contribution in [0.25, 0.3) is 0 Å². The lowest BCUT2D eigenvalue weighted by Crippen LogP contribution is -2.23. The molecular weight excluding hydrogens is 368 g/mol. The molecule has 1 atom stereocenters. The Morgan fingerprint density at radius 2 is 2.24 bits per heavy atom. The second kappa shape index (κ2) is 5.63. The van der Waals surface area contributed by atoms with Crippen LogP contribution in [0.2, 0.25) is 0 Å². The average Bonchev–Trinajstić information content (AvgIpc) is 2.76. The molecule has 1 aromatic rings. The normalized spacial score (nSPS) is 19.3. The number of nitrogens with one attached hydrogen (secondary N) is 1. The van der Waals surface area contributed by atoms with Gasteiger partial charge >= 0.3 is 0 Å². The molecule has 1 heterocycles. The van der Waals surface area contributed by atoms with Gasteiger partial charge in [0.15, 0.2) is 0 Å². The van der Waals surface area contributed by atoms with Gasteiger partial charge in [-0.1, -0.05) is 15.9 Å². The highest BCUT2D eigenvalue weighted by Gasteiger charge is 2.24. The van der Waals surface area contributed by atoms with Crippen molar-refractivity contribution in [1.29, 1.82) is 0 Å². The molecule has 17 heavy (non-hydrogen) atoms. The van der Waals surface area contributed by atoms with E-state index in [2.05, 4.69) is 37.2 Å². The van der Waals surface area contributed by atoms with Gasteiger partial charge in [0.25, 0.3) is 0 Å². The Bertz CT molecular complexity index is 424. The maximum atomic E-state index is 12.0. The van der Waals surface area contributed by atoms with Crippen molar-refractivity contribution in [3.05, 3.63) is 21.1 Å². The number of anilines is 2. The van der Waals surface area contributed by atoms with Crippen LogP contribution < -0.4 is 11.1 Å². The van der Waals surface area contributed by atoms with Gasteiger partial charge in [0.1, 0.15) is 0 Å². The molecule has 3 N–H and O–H groups in total. The van der Waals surface area contributed by atoms with E-state index in [1.54, 1.807) is 17.8 Å². The smallest absolute Gasteiger partial charge is 0.237 e. The molecule has 0 radical (unpaired) electrons. The fourth-order valence-corrected chi connectivity index (χ4v) is 4.23. The standard InChI is InChI=1S/C11H12Br2N2OS/c12-6-4-7(13)10(8(14)5-6)15-11(16)9-2-1-3-17-9/h4-5,9H,1-3,14H2,(H,15,16). The van der Waals surface area contributed by atoms with Gasteiger partial charge in [-0.15, -0.1) is 11.8 Å². The van der Waals surface area contributed by atoms with Crippen molar-refractivity contribution in [3.63, 3.8) is 0 Å². The highest BCUT2D eigenvalue weighted by molar-refractivity contribution is 9.11. The van der Waals surface area contributed by atoms with E-state index in [1.165, 1.54) is 0 Å². The first-order valence-corrected chi connectivity index (χ1v) is 7.88. The van der Waals surface area contributed by atoms with Crippen molar-refractivity contribution in [2.45, 2.75) is 18.1 Å². The van der Waals surface area contributed by atoms with Crippen molar-refractivity contribution < 1.29 is 4.79 Å². The van der Waals surface area contributed by atoms with E-state index >= 15 is 0 Å². The summed E-state index contributed by atoms with van der Waals surface area (Å²) in [6.45, 7) is 0. The zero-order valence-electron chi connectivity index (χ0n) is 9.00. The molecule has 1 unspecified atom stereocenters. The van der Waals surface area contributed by atoms with Crippen LogP contribution in [0.1, 0.15) is 12.8 Å². The van der Waals surface area contributed by atoms with E-state index in [0.717, 1.165) is 27.5 Å². The van der Waals surface area contributed by atoms with Gasteiger partial charge in [-0.3, -0.25) is 4.79 Å². The van der Waals surface area contributed by atoms with Crippen LogP contribution in [0.15, 0.2) is 21.1 Å². The third-order valence-corrected chi connectivity index (χ3v) is 5.02. The first-order valence-electron chi connectivity index (χ1n) is 5.25. The second-order valence-corrected chi connectivity index (χ2v) is 6.92. The highest BCUT2D eigenvalue weighted by atomic mass is 79.9. The summed E-state index contributed by atoms with van der Waals surface area (Å²) >= 11 is 8.46. The molecule has 0 aromatic heterocycles. The van der Waals surface area contributed by atoms with Crippen molar-refractivity contribution in [1.82, 2.24) is 0 Å². The number of thioether (sulfide) groups is 1. The van der Waals surface area contributed by atoms with E-state index in [1.807, 2.05) is 6.07 Å². The summed E-state index contributed by atoms with van der Waals surface area (Å²) in [6, 6.07) is 3.65. The predicted molar refractivity (Wildman–Crippen MR) is 80.4 cm³/mol. The largest absolute Gasteiger partial charge is 0.397 e. The highest BCUT2D eigenvalue weighted by Crippen LogP contribution is 2.34. The van der Waals surface area contributed by atoms with Crippen LogP contribution >= 0.6 is 43.6 Å². The Kier molecular flexibility index (Phi) is 4.38. The molecule has 92 valence electrons. The minimum Gasteiger partial charge on any atom is -0.397 e. The average molecular weight is 380 g/mol. The third kappa shape index (κ3) is 3.17. The lowest BCUT2D eigenvalue weighted by atomic mass is 10.2. The summed E-state index contributed by atoms with van der Waals surface area (Å²) in [5.41, 5.74) is 7.10. The van der Waals surface area contributed by atoms with Crippen molar-refractivity contribution in [2.24, 2.45) is 0 Å². The summed E-state index contributed by atoms with van der Waals surface area (Å²) in [5.74, 6) is 1.11. The van der Waals surface area contributed by atoms with Crippen LogP contribution in [-0.4, -0.2) is 16.9 Å². The summed E-state index contributed by atoms with van der Waals surface area (Å²) < 4.78 is 1.68. The number of hydrogen-bond acceptors (Lipinski definition) is 3. The number of benzene rings is 1. The Morgan fingerprint density at radius 3 is 2.82 bits per heavy atom. The zero-order valence-corrected chi connectivity index (χ0v) is 13.0. The summed E-state index contributed by atoms with van der Waals surface area (Å²) in [7, 11) is 0. The molecule has 0 aliphatic carbocycles. The Hall–Kier alpha value is -0.200. The Morgan fingerprint density at radius 1 is 1.47 bits per heavy atom. The Balaban J connectivity index is 2.15. The summed E-state index contributed by atoms with van der Waals surface area (Å²) in [6.07, 6.45) is 2.06. The number of hydrogen-bond donors (Lipinski definition) is 2. The molecule has 6 heteroatoms. The number of amides is 1. The van der Waals surface area contributed by atoms with Crippen LogP contribution in [0.3, 0.4) is 0 Å². The summed E-state index contributed by atoms with van der Waals surface area (Å²) in [5, 5.41) is 2.96. The van der Waals surface area contributed by atoms with Crippen molar-refractivity contribution in [2.75, 3.05) is 16.8 Å². The first kappa shape index (κ1) is 13.2. The van der Waals surface area contributed by atoms with E-state index in [9.17, 15) is 4.79 Å². The number of nitrogens with two attached hydrogens (primary N) is 1. The van der Waals surface area contributed by atoms with E-state index in [0.29, 0.717) is 11.4 Å². The van der Waals surface area contributed by atoms with Crippen LogP contribution in [-0.2, 0) is 4.79 Å². The van der Waals surface area contributed by atoms with Crippen molar-refractivity contribution >= 4 is 60.9 Å². The van der Waals surface area contributed by atoms with Crippen LogP contribution in [0.4, 0.5) is 11.4 Å². The number of rotatable bonds is 2. The minimum absolute atomic E-state index is 0.0437. The number of halogens is 2. The fourth-order valence-electron chi connectivity index (χ4n) is 1.71.